The van der Waals surface area contributed by atoms with E-state index in [1.54, 1.807) is 20.4 Å². The van der Waals surface area contributed by atoms with E-state index in [2.05, 4.69) is 9.72 Å². The average Bonchev–Trinajstić information content (AvgIpc) is 2.61. The van der Waals surface area contributed by atoms with Gasteiger partial charge in [-0.3, -0.25) is 4.79 Å². The van der Waals surface area contributed by atoms with Crippen LogP contribution < -0.4 is 0 Å². The Balaban J connectivity index is 0.000000293. The lowest BCUT2D eigenvalue weighted by Gasteiger charge is -1.81. The highest BCUT2D eigenvalue weighted by Gasteiger charge is 1.98. The molecule has 3 nitrogen and oxygen atoms in total. The van der Waals surface area contributed by atoms with Crippen molar-refractivity contribution in [3.05, 3.63) is 29.3 Å². The van der Waals surface area contributed by atoms with Crippen molar-refractivity contribution in [1.29, 1.82) is 0 Å². The second kappa shape index (κ2) is 5.47. The molecule has 0 unspecified atom stereocenters. The summed E-state index contributed by atoms with van der Waals surface area (Å²) in [5.41, 5.74) is 0. The third-order valence-corrected chi connectivity index (χ3v) is 2.41. The van der Waals surface area contributed by atoms with E-state index in [0.29, 0.717) is 0 Å². The average molecular weight is 209 g/mol. The Morgan fingerprint density at radius 1 is 1.50 bits per heavy atom. The van der Waals surface area contributed by atoms with Gasteiger partial charge >= 0.3 is 0 Å². The van der Waals surface area contributed by atoms with Crippen LogP contribution >= 0.6 is 11.3 Å². The molecule has 0 fully saturated rings. The number of hydrogen-bond acceptors (Lipinski definition) is 4. The highest BCUT2D eigenvalue weighted by atomic mass is 32.1. The van der Waals surface area contributed by atoms with Gasteiger partial charge in [0.25, 0.3) is 0 Å². The molecule has 0 saturated heterocycles. The van der Waals surface area contributed by atoms with E-state index in [1.807, 2.05) is 18.2 Å². The Morgan fingerprint density at radius 2 is 2.21 bits per heavy atom. The molecule has 0 aliphatic rings. The molecule has 0 aliphatic heterocycles. The maximum Gasteiger partial charge on any atom is 0.160 e. The van der Waals surface area contributed by atoms with Crippen molar-refractivity contribution in [1.82, 2.24) is 4.98 Å². The van der Waals surface area contributed by atoms with Gasteiger partial charge in [0.1, 0.15) is 4.83 Å². The molecule has 0 radical (unpaired) electrons. The lowest BCUT2D eigenvalue weighted by molar-refractivity contribution is 0.112. The van der Waals surface area contributed by atoms with Crippen LogP contribution in [-0.4, -0.2) is 25.5 Å². The maximum absolute atomic E-state index is 10.4. The molecule has 0 amide bonds. The highest BCUT2D eigenvalue weighted by molar-refractivity contribution is 7.20. The first-order chi connectivity index (χ1) is 6.81. The molecule has 2 heterocycles. The first-order valence-electron chi connectivity index (χ1n) is 4.01. The summed E-state index contributed by atoms with van der Waals surface area (Å²) in [6, 6.07) is 5.66. The van der Waals surface area contributed by atoms with Gasteiger partial charge in [0.15, 0.2) is 6.29 Å². The second-order valence-electron chi connectivity index (χ2n) is 2.57. The van der Waals surface area contributed by atoms with Gasteiger partial charge in [0.2, 0.25) is 0 Å². The summed E-state index contributed by atoms with van der Waals surface area (Å²) in [7, 11) is 3.25. The van der Waals surface area contributed by atoms with Gasteiger partial charge in [-0.2, -0.15) is 0 Å². The van der Waals surface area contributed by atoms with Gasteiger partial charge in [-0.1, -0.05) is 6.07 Å². The third-order valence-electron chi connectivity index (χ3n) is 1.43. The van der Waals surface area contributed by atoms with E-state index in [-0.39, 0.29) is 0 Å². The summed E-state index contributed by atoms with van der Waals surface area (Å²) in [5, 5.41) is 1.04. The first-order valence-corrected chi connectivity index (χ1v) is 4.83. The van der Waals surface area contributed by atoms with E-state index >= 15 is 0 Å². The standard InChI is InChI=1S/C8H5NOS.C2H6O/c10-5-7-4-6-2-1-3-9-8(6)11-7;1-3-2/h1-5H;1-2H3. The van der Waals surface area contributed by atoms with Gasteiger partial charge in [-0.15, -0.1) is 11.3 Å². The number of aromatic nitrogens is 1. The molecule has 0 atom stereocenters. The van der Waals surface area contributed by atoms with E-state index in [1.165, 1.54) is 11.3 Å². The summed E-state index contributed by atoms with van der Waals surface area (Å²) >= 11 is 1.42. The van der Waals surface area contributed by atoms with E-state index in [4.69, 9.17) is 0 Å². The number of hydrogen-bond donors (Lipinski definition) is 0. The highest BCUT2D eigenvalue weighted by Crippen LogP contribution is 2.21. The minimum atomic E-state index is 0.735. The smallest absolute Gasteiger partial charge is 0.160 e. The summed E-state index contributed by atoms with van der Waals surface area (Å²) < 4.78 is 4.25. The van der Waals surface area contributed by atoms with Crippen molar-refractivity contribution in [2.75, 3.05) is 14.2 Å². The van der Waals surface area contributed by atoms with Crippen molar-refractivity contribution in [2.45, 2.75) is 0 Å². The molecule has 4 heteroatoms. The Kier molecular flexibility index (Phi) is 4.22. The number of carbonyl (C=O) groups excluding carboxylic acids is 1. The molecule has 0 N–H and O–H groups in total. The number of ether oxygens (including phenoxy) is 1. The van der Waals surface area contributed by atoms with Gasteiger partial charge < -0.3 is 4.74 Å². The monoisotopic (exact) mass is 209 g/mol. The van der Waals surface area contributed by atoms with Crippen LogP contribution in [0.3, 0.4) is 0 Å². The second-order valence-corrected chi connectivity index (χ2v) is 3.63. The fourth-order valence-electron chi connectivity index (χ4n) is 0.951. The van der Waals surface area contributed by atoms with Crippen LogP contribution in [0.25, 0.3) is 10.2 Å². The number of thiophene rings is 1. The Morgan fingerprint density at radius 3 is 2.79 bits per heavy atom. The lowest BCUT2D eigenvalue weighted by atomic mass is 10.3. The van der Waals surface area contributed by atoms with Gasteiger partial charge in [0.05, 0.1) is 4.88 Å². The molecule has 14 heavy (non-hydrogen) atoms. The summed E-state index contributed by atoms with van der Waals surface area (Å²) in [6.07, 6.45) is 2.58. The molecule has 0 saturated carbocycles. The number of aldehydes is 1. The summed E-state index contributed by atoms with van der Waals surface area (Å²) in [4.78, 5) is 16.1. The quantitative estimate of drug-likeness (QED) is 0.677. The molecular formula is C10H11NO2S. The number of carbonyl (C=O) groups is 1. The molecule has 0 aromatic carbocycles. The van der Waals surface area contributed by atoms with Crippen molar-refractivity contribution >= 4 is 27.8 Å². The fourth-order valence-corrected chi connectivity index (χ4v) is 1.77. The first kappa shape index (κ1) is 10.8. The molecule has 2 aromatic rings. The third kappa shape index (κ3) is 2.61. The molecule has 0 bridgehead atoms. The van der Waals surface area contributed by atoms with E-state index < -0.39 is 0 Å². The fraction of sp³-hybridized carbons (Fsp3) is 0.200. The van der Waals surface area contributed by atoms with Crippen LogP contribution in [0.4, 0.5) is 0 Å². The molecule has 2 aromatic heterocycles. The number of pyridine rings is 1. The van der Waals surface area contributed by atoms with Crippen molar-refractivity contribution in [3.8, 4) is 0 Å². The predicted octanol–water partition coefficient (Wildman–Crippen LogP) is 2.37. The Bertz CT molecular complexity index is 378. The van der Waals surface area contributed by atoms with E-state index in [9.17, 15) is 4.79 Å². The zero-order valence-corrected chi connectivity index (χ0v) is 8.88. The zero-order chi connectivity index (χ0) is 10.4. The lowest BCUT2D eigenvalue weighted by Crippen LogP contribution is -1.65. The largest absolute Gasteiger partial charge is 0.388 e. The van der Waals surface area contributed by atoms with Crippen molar-refractivity contribution in [3.63, 3.8) is 0 Å². The number of rotatable bonds is 1. The molecule has 0 aliphatic carbocycles. The van der Waals surface area contributed by atoms with Crippen molar-refractivity contribution in [2.24, 2.45) is 0 Å². The van der Waals surface area contributed by atoms with Crippen LogP contribution in [0.1, 0.15) is 9.67 Å². The van der Waals surface area contributed by atoms with Crippen LogP contribution in [0.15, 0.2) is 24.4 Å². The predicted molar refractivity (Wildman–Crippen MR) is 57.9 cm³/mol. The molecule has 2 rings (SSSR count). The minimum absolute atomic E-state index is 0.735. The van der Waals surface area contributed by atoms with Gasteiger partial charge in [-0.25, -0.2) is 4.98 Å². The number of nitrogens with zero attached hydrogens (tertiary/aromatic N) is 1. The Hall–Kier alpha value is -1.26. The molecular weight excluding hydrogens is 198 g/mol. The van der Waals surface area contributed by atoms with E-state index in [0.717, 1.165) is 21.4 Å². The van der Waals surface area contributed by atoms with Gasteiger partial charge in [0, 0.05) is 25.8 Å². The van der Waals surface area contributed by atoms with Crippen LogP contribution in [0.2, 0.25) is 0 Å². The zero-order valence-electron chi connectivity index (χ0n) is 8.06. The van der Waals surface area contributed by atoms with Crippen LogP contribution in [-0.2, 0) is 4.74 Å². The normalized spacial score (nSPS) is 9.29. The number of methoxy groups -OCH3 is 1. The summed E-state index contributed by atoms with van der Waals surface area (Å²) in [5.74, 6) is 0. The molecule has 0 spiro atoms. The SMILES string of the molecule is COC.O=Cc1cc2cccnc2s1. The maximum atomic E-state index is 10.4. The van der Waals surface area contributed by atoms with Crippen LogP contribution in [0.5, 0.6) is 0 Å². The minimum Gasteiger partial charge on any atom is -0.388 e. The van der Waals surface area contributed by atoms with Gasteiger partial charge in [-0.05, 0) is 12.1 Å². The van der Waals surface area contributed by atoms with Crippen LogP contribution in [0, 0.1) is 0 Å². The number of fused-ring (bicyclic) bond motifs is 1. The Labute approximate surface area is 86.3 Å². The topological polar surface area (TPSA) is 39.2 Å². The van der Waals surface area contributed by atoms with Crippen molar-refractivity contribution < 1.29 is 9.53 Å². The summed E-state index contributed by atoms with van der Waals surface area (Å²) in [6.45, 7) is 0. The molecule has 74 valence electrons.